The van der Waals surface area contributed by atoms with Crippen LogP contribution >= 0.6 is 11.6 Å². The molecule has 0 unspecified atom stereocenters. The molecule has 0 saturated carbocycles. The summed E-state index contributed by atoms with van der Waals surface area (Å²) in [5.74, 6) is -0.0458. The van der Waals surface area contributed by atoms with Crippen molar-refractivity contribution in [3.8, 4) is 11.5 Å². The van der Waals surface area contributed by atoms with Crippen LogP contribution in [0.5, 0.6) is 11.5 Å². The highest BCUT2D eigenvalue weighted by atomic mass is 35.5. The molecule has 0 aliphatic heterocycles. The number of carbonyl (C=O) groups is 1. The highest BCUT2D eigenvalue weighted by Crippen LogP contribution is 2.31. The van der Waals surface area contributed by atoms with Crippen LogP contribution in [-0.2, 0) is 4.79 Å². The Balaban J connectivity index is 2.04. The van der Waals surface area contributed by atoms with Gasteiger partial charge in [-0.25, -0.2) is 0 Å². The Morgan fingerprint density at radius 3 is 2.60 bits per heavy atom. The van der Waals surface area contributed by atoms with E-state index in [1.54, 1.807) is 18.2 Å². The molecule has 2 aromatic rings. The molecule has 5 nitrogen and oxygen atoms in total. The third-order valence-electron chi connectivity index (χ3n) is 3.30. The summed E-state index contributed by atoms with van der Waals surface area (Å²) in [6, 6.07) is 9.36. The Labute approximate surface area is 148 Å². The minimum atomic E-state index is -2.97. The molecule has 0 aliphatic rings. The summed E-state index contributed by atoms with van der Waals surface area (Å²) in [7, 11) is 1.49. The van der Waals surface area contributed by atoms with Crippen LogP contribution in [0.15, 0.2) is 36.4 Å². The molecule has 2 rings (SSSR count). The van der Waals surface area contributed by atoms with E-state index in [9.17, 15) is 13.6 Å². The largest absolute Gasteiger partial charge is 0.495 e. The SMILES string of the molecule is COc1cc(Cl)c(C)cc1NCC(=O)Nc1ccccc1OC(F)F. The fraction of sp³-hybridized carbons (Fsp3) is 0.235. The number of aryl methyl sites for hydroxylation is 1. The highest BCUT2D eigenvalue weighted by Gasteiger charge is 2.12. The molecular formula is C17H17ClF2N2O3. The van der Waals surface area contributed by atoms with Crippen LogP contribution in [0, 0.1) is 6.92 Å². The second-order valence-electron chi connectivity index (χ2n) is 5.08. The number of alkyl halides is 2. The minimum absolute atomic E-state index is 0.0968. The summed E-state index contributed by atoms with van der Waals surface area (Å²) < 4.78 is 34.4. The highest BCUT2D eigenvalue weighted by molar-refractivity contribution is 6.31. The molecule has 8 heteroatoms. The topological polar surface area (TPSA) is 59.6 Å². The van der Waals surface area contributed by atoms with Crippen molar-refractivity contribution < 1.29 is 23.0 Å². The van der Waals surface area contributed by atoms with Gasteiger partial charge in [-0.3, -0.25) is 4.79 Å². The normalized spacial score (nSPS) is 10.5. The van der Waals surface area contributed by atoms with Crippen LogP contribution in [0.1, 0.15) is 5.56 Å². The molecule has 1 amide bonds. The zero-order valence-electron chi connectivity index (χ0n) is 13.6. The standard InChI is InChI=1S/C17H17ClF2N2O3/c1-10-7-13(15(24-2)8-11(10)18)21-9-16(23)22-12-5-3-4-6-14(12)25-17(19)20/h3-8,17,21H,9H2,1-2H3,(H,22,23). The van der Waals surface area contributed by atoms with Gasteiger partial charge in [-0.15, -0.1) is 0 Å². The summed E-state index contributed by atoms with van der Waals surface area (Å²) >= 11 is 6.03. The molecule has 0 bridgehead atoms. The van der Waals surface area contributed by atoms with E-state index in [1.165, 1.54) is 25.3 Å². The van der Waals surface area contributed by atoms with Gasteiger partial charge in [0, 0.05) is 11.1 Å². The molecule has 25 heavy (non-hydrogen) atoms. The van der Waals surface area contributed by atoms with Gasteiger partial charge < -0.3 is 20.1 Å². The smallest absolute Gasteiger partial charge is 0.387 e. The number of amides is 1. The summed E-state index contributed by atoms with van der Waals surface area (Å²) in [6.07, 6.45) is 0. The molecule has 0 heterocycles. The van der Waals surface area contributed by atoms with Crippen LogP contribution in [0.25, 0.3) is 0 Å². The molecule has 0 aliphatic carbocycles. The van der Waals surface area contributed by atoms with E-state index in [1.807, 2.05) is 6.92 Å². The number of nitrogens with one attached hydrogen (secondary N) is 2. The number of hydrogen-bond acceptors (Lipinski definition) is 4. The number of rotatable bonds is 7. The Bertz CT molecular complexity index is 757. The summed E-state index contributed by atoms with van der Waals surface area (Å²) in [5, 5.41) is 6.00. The summed E-state index contributed by atoms with van der Waals surface area (Å²) in [5.41, 5.74) is 1.58. The molecule has 0 spiro atoms. The van der Waals surface area contributed by atoms with Gasteiger partial charge in [0.15, 0.2) is 0 Å². The lowest BCUT2D eigenvalue weighted by Crippen LogP contribution is -2.22. The number of ether oxygens (including phenoxy) is 2. The van der Waals surface area contributed by atoms with Crippen molar-refractivity contribution in [3.05, 3.63) is 47.0 Å². The number of methoxy groups -OCH3 is 1. The summed E-state index contributed by atoms with van der Waals surface area (Å²) in [6.45, 7) is -1.25. The average molecular weight is 371 g/mol. The van der Waals surface area contributed by atoms with E-state index < -0.39 is 12.5 Å². The number of para-hydroxylation sites is 2. The molecule has 2 N–H and O–H groups in total. The predicted octanol–water partition coefficient (Wildman–Crippen LogP) is 4.31. The van der Waals surface area contributed by atoms with Crippen LogP contribution in [-0.4, -0.2) is 26.2 Å². The van der Waals surface area contributed by atoms with Gasteiger partial charge in [-0.2, -0.15) is 8.78 Å². The number of hydrogen-bond donors (Lipinski definition) is 2. The Morgan fingerprint density at radius 2 is 1.92 bits per heavy atom. The summed E-state index contributed by atoms with van der Waals surface area (Å²) in [4.78, 5) is 12.1. The first-order valence-electron chi connectivity index (χ1n) is 7.32. The first kappa shape index (κ1) is 18.8. The molecule has 0 saturated heterocycles. The predicted molar refractivity (Wildman–Crippen MR) is 92.9 cm³/mol. The van der Waals surface area contributed by atoms with E-state index in [4.69, 9.17) is 16.3 Å². The van der Waals surface area contributed by atoms with E-state index in [2.05, 4.69) is 15.4 Å². The first-order chi connectivity index (χ1) is 11.9. The van der Waals surface area contributed by atoms with Crippen molar-refractivity contribution in [1.82, 2.24) is 0 Å². The molecule has 0 fully saturated rings. The van der Waals surface area contributed by atoms with Gasteiger partial charge in [-0.05, 0) is 30.7 Å². The fourth-order valence-corrected chi connectivity index (χ4v) is 2.26. The molecule has 0 aromatic heterocycles. The zero-order chi connectivity index (χ0) is 18.4. The van der Waals surface area contributed by atoms with Gasteiger partial charge in [0.25, 0.3) is 0 Å². The third kappa shape index (κ3) is 5.22. The average Bonchev–Trinajstić information content (AvgIpc) is 2.57. The lowest BCUT2D eigenvalue weighted by atomic mass is 10.2. The molecule has 2 aromatic carbocycles. The second kappa shape index (κ2) is 8.53. The van der Waals surface area contributed by atoms with Crippen molar-refractivity contribution in [1.29, 1.82) is 0 Å². The number of anilines is 2. The molecule has 0 radical (unpaired) electrons. The first-order valence-corrected chi connectivity index (χ1v) is 7.70. The zero-order valence-corrected chi connectivity index (χ0v) is 14.4. The van der Waals surface area contributed by atoms with Crippen LogP contribution in [0.4, 0.5) is 20.2 Å². The van der Waals surface area contributed by atoms with E-state index in [0.717, 1.165) is 5.56 Å². The van der Waals surface area contributed by atoms with Crippen LogP contribution in [0.2, 0.25) is 5.02 Å². The van der Waals surface area contributed by atoms with Crippen molar-refractivity contribution in [2.45, 2.75) is 13.5 Å². The van der Waals surface area contributed by atoms with E-state index >= 15 is 0 Å². The van der Waals surface area contributed by atoms with Crippen LogP contribution < -0.4 is 20.1 Å². The number of benzene rings is 2. The third-order valence-corrected chi connectivity index (χ3v) is 3.70. The van der Waals surface area contributed by atoms with Gasteiger partial charge >= 0.3 is 6.61 Å². The van der Waals surface area contributed by atoms with Gasteiger partial charge in [0.05, 0.1) is 25.0 Å². The van der Waals surface area contributed by atoms with Crippen LogP contribution in [0.3, 0.4) is 0 Å². The van der Waals surface area contributed by atoms with E-state index in [0.29, 0.717) is 16.5 Å². The number of carbonyl (C=O) groups excluding carboxylic acids is 1. The fourth-order valence-electron chi connectivity index (χ4n) is 2.11. The Kier molecular flexibility index (Phi) is 6.41. The van der Waals surface area contributed by atoms with Crippen molar-refractivity contribution in [3.63, 3.8) is 0 Å². The monoisotopic (exact) mass is 370 g/mol. The van der Waals surface area contributed by atoms with E-state index in [-0.39, 0.29) is 18.0 Å². The second-order valence-corrected chi connectivity index (χ2v) is 5.49. The van der Waals surface area contributed by atoms with Crippen molar-refractivity contribution in [2.75, 3.05) is 24.3 Å². The van der Waals surface area contributed by atoms with Crippen molar-refractivity contribution in [2.24, 2.45) is 0 Å². The molecule has 0 atom stereocenters. The molecular weight excluding hydrogens is 354 g/mol. The molecule has 134 valence electrons. The Hall–Kier alpha value is -2.54. The van der Waals surface area contributed by atoms with Crippen molar-refractivity contribution >= 4 is 28.9 Å². The van der Waals surface area contributed by atoms with Gasteiger partial charge in [-0.1, -0.05) is 23.7 Å². The number of halogens is 3. The maximum Gasteiger partial charge on any atom is 0.387 e. The lowest BCUT2D eigenvalue weighted by molar-refractivity contribution is -0.114. The minimum Gasteiger partial charge on any atom is -0.495 e. The van der Waals surface area contributed by atoms with Gasteiger partial charge in [0.1, 0.15) is 11.5 Å². The quantitative estimate of drug-likeness (QED) is 0.762. The maximum atomic E-state index is 12.4. The maximum absolute atomic E-state index is 12.4. The Morgan fingerprint density at radius 1 is 1.20 bits per heavy atom. The lowest BCUT2D eigenvalue weighted by Gasteiger charge is -2.14. The van der Waals surface area contributed by atoms with Gasteiger partial charge in [0.2, 0.25) is 5.91 Å².